The number of nitrogens with zero attached hydrogens (tertiary/aromatic N) is 4. The number of rotatable bonds is 7. The number of aryl methyl sites for hydroxylation is 1. The lowest BCUT2D eigenvalue weighted by atomic mass is 9.62. The molecule has 1 aliphatic heterocycles. The quantitative estimate of drug-likeness (QED) is 0.533. The van der Waals surface area contributed by atoms with Crippen LogP contribution in [-0.2, 0) is 0 Å². The predicted octanol–water partition coefficient (Wildman–Crippen LogP) is 3.75. The molecule has 1 saturated heterocycles. The van der Waals surface area contributed by atoms with Gasteiger partial charge in [-0.15, -0.1) is 0 Å². The van der Waals surface area contributed by atoms with E-state index in [0.29, 0.717) is 54.2 Å². The number of aromatic nitrogens is 3. The first-order chi connectivity index (χ1) is 16.4. The van der Waals surface area contributed by atoms with Crippen molar-refractivity contribution in [2.45, 2.75) is 25.7 Å². The van der Waals surface area contributed by atoms with Crippen LogP contribution < -0.4 is 10.1 Å². The Morgan fingerprint density at radius 1 is 1.24 bits per heavy atom. The molecule has 7 nitrogen and oxygen atoms in total. The van der Waals surface area contributed by atoms with Gasteiger partial charge in [0.1, 0.15) is 6.07 Å². The van der Waals surface area contributed by atoms with Crippen molar-refractivity contribution >= 4 is 5.78 Å². The summed E-state index contributed by atoms with van der Waals surface area (Å²) in [5.74, 6) is -2.12. The lowest BCUT2D eigenvalue weighted by Gasteiger charge is -2.43. The van der Waals surface area contributed by atoms with E-state index in [4.69, 9.17) is 10.00 Å². The van der Waals surface area contributed by atoms with E-state index in [0.717, 1.165) is 12.1 Å². The number of hydrogen-bond donors (Lipinski definition) is 1. The van der Waals surface area contributed by atoms with Gasteiger partial charge in [-0.3, -0.25) is 4.79 Å². The number of halogens is 2. The van der Waals surface area contributed by atoms with Crippen molar-refractivity contribution in [2.75, 3.05) is 19.7 Å². The minimum atomic E-state index is -0.955. The SMILES string of the molecule is Cc1cc(C(=O)[C@]2(CCOc3ccc(C#N)cn3)CCNC[C@H]2c2ccc(F)c(F)c2)cnn1. The molecule has 0 spiro atoms. The maximum Gasteiger partial charge on any atom is 0.213 e. The summed E-state index contributed by atoms with van der Waals surface area (Å²) in [5, 5.41) is 20.1. The van der Waals surface area contributed by atoms with Crippen LogP contribution in [0.15, 0.2) is 48.8 Å². The number of carbonyl (C=O) groups is 1. The summed E-state index contributed by atoms with van der Waals surface area (Å²) in [4.78, 5) is 18.1. The summed E-state index contributed by atoms with van der Waals surface area (Å²) in [6, 6.07) is 10.7. The molecule has 1 fully saturated rings. The van der Waals surface area contributed by atoms with E-state index in [1.165, 1.54) is 18.5 Å². The van der Waals surface area contributed by atoms with Gasteiger partial charge in [0, 0.05) is 35.7 Å². The molecule has 2 aromatic heterocycles. The van der Waals surface area contributed by atoms with Crippen LogP contribution in [0.1, 0.15) is 45.9 Å². The van der Waals surface area contributed by atoms with Crippen LogP contribution in [-0.4, -0.2) is 40.7 Å². The molecule has 3 aromatic rings. The molecule has 0 radical (unpaired) electrons. The molecule has 0 amide bonds. The molecule has 2 atom stereocenters. The van der Waals surface area contributed by atoms with E-state index in [-0.39, 0.29) is 12.4 Å². The Morgan fingerprint density at radius 3 is 2.79 bits per heavy atom. The number of hydrogen-bond acceptors (Lipinski definition) is 7. The number of benzene rings is 1. The average molecular weight is 463 g/mol. The molecular weight excluding hydrogens is 440 g/mol. The number of pyridine rings is 1. The zero-order valence-electron chi connectivity index (χ0n) is 18.6. The van der Waals surface area contributed by atoms with Gasteiger partial charge in [0.25, 0.3) is 0 Å². The fourth-order valence-corrected chi connectivity index (χ4v) is 4.53. The van der Waals surface area contributed by atoms with Crippen molar-refractivity contribution in [3.05, 3.63) is 82.8 Å². The van der Waals surface area contributed by atoms with E-state index < -0.39 is 23.0 Å². The highest BCUT2D eigenvalue weighted by Gasteiger charge is 2.48. The van der Waals surface area contributed by atoms with Crippen LogP contribution in [0, 0.1) is 35.3 Å². The monoisotopic (exact) mass is 463 g/mol. The Kier molecular flexibility index (Phi) is 6.89. The molecule has 9 heteroatoms. The summed E-state index contributed by atoms with van der Waals surface area (Å²) in [6.07, 6.45) is 3.64. The van der Waals surface area contributed by atoms with Crippen LogP contribution in [0.2, 0.25) is 0 Å². The van der Waals surface area contributed by atoms with Crippen LogP contribution in [0.4, 0.5) is 8.78 Å². The van der Waals surface area contributed by atoms with Crippen molar-refractivity contribution in [1.82, 2.24) is 20.5 Å². The largest absolute Gasteiger partial charge is 0.478 e. The van der Waals surface area contributed by atoms with E-state index in [9.17, 15) is 13.6 Å². The highest BCUT2D eigenvalue weighted by Crippen LogP contribution is 2.46. The minimum Gasteiger partial charge on any atom is -0.478 e. The summed E-state index contributed by atoms with van der Waals surface area (Å²) in [5.41, 5.74) is 1.03. The molecule has 0 bridgehead atoms. The summed E-state index contributed by atoms with van der Waals surface area (Å²) in [6.45, 7) is 2.93. The molecule has 1 N–H and O–H groups in total. The molecule has 1 aliphatic rings. The third-order valence-corrected chi connectivity index (χ3v) is 6.26. The molecule has 34 heavy (non-hydrogen) atoms. The predicted molar refractivity (Wildman–Crippen MR) is 119 cm³/mol. The molecule has 174 valence electrons. The number of carbonyl (C=O) groups excluding carboxylic acids is 1. The Bertz CT molecular complexity index is 1230. The van der Waals surface area contributed by atoms with Crippen molar-refractivity contribution in [3.8, 4) is 11.9 Å². The smallest absolute Gasteiger partial charge is 0.213 e. The maximum atomic E-state index is 14.1. The van der Waals surface area contributed by atoms with Gasteiger partial charge in [-0.1, -0.05) is 6.07 Å². The molecule has 0 saturated carbocycles. The van der Waals surface area contributed by atoms with Crippen LogP contribution >= 0.6 is 0 Å². The van der Waals surface area contributed by atoms with Gasteiger partial charge in [0.05, 0.1) is 24.1 Å². The standard InChI is InChI=1S/C25H23F2N5O2/c1-16-10-19(14-31-32-16)24(33)25(7-9-34-23-5-2-17(12-28)13-30-23)6-8-29-15-20(25)18-3-4-21(26)22(27)11-18/h2-5,10-11,13-14,20,29H,6-9,15H2,1H3/t20-,25-/m0/s1. The van der Waals surface area contributed by atoms with Crippen molar-refractivity contribution in [2.24, 2.45) is 5.41 Å². The van der Waals surface area contributed by atoms with E-state index in [1.807, 2.05) is 6.07 Å². The first-order valence-corrected chi connectivity index (χ1v) is 10.9. The van der Waals surface area contributed by atoms with Crippen LogP contribution in [0.5, 0.6) is 5.88 Å². The van der Waals surface area contributed by atoms with Gasteiger partial charge in [-0.2, -0.15) is 15.5 Å². The first kappa shape index (κ1) is 23.4. The average Bonchev–Trinajstić information content (AvgIpc) is 2.86. The third kappa shape index (κ3) is 4.77. The minimum absolute atomic E-state index is 0.141. The summed E-state index contributed by atoms with van der Waals surface area (Å²) in [7, 11) is 0. The van der Waals surface area contributed by atoms with Crippen molar-refractivity contribution in [1.29, 1.82) is 5.26 Å². The van der Waals surface area contributed by atoms with Gasteiger partial charge in [0.15, 0.2) is 17.4 Å². The Balaban J connectivity index is 1.68. The highest BCUT2D eigenvalue weighted by atomic mass is 19.2. The number of nitriles is 1. The number of ketones is 1. The molecule has 3 heterocycles. The third-order valence-electron chi connectivity index (χ3n) is 6.26. The zero-order valence-corrected chi connectivity index (χ0v) is 18.6. The second-order valence-electron chi connectivity index (χ2n) is 8.35. The van der Waals surface area contributed by atoms with Crippen LogP contribution in [0.25, 0.3) is 0 Å². The van der Waals surface area contributed by atoms with Gasteiger partial charge in [-0.25, -0.2) is 13.8 Å². The lowest BCUT2D eigenvalue weighted by Crippen LogP contribution is -2.49. The Morgan fingerprint density at radius 2 is 2.09 bits per heavy atom. The zero-order chi connectivity index (χ0) is 24.1. The van der Waals surface area contributed by atoms with Gasteiger partial charge in [0.2, 0.25) is 5.88 Å². The summed E-state index contributed by atoms with van der Waals surface area (Å²) < 4.78 is 33.6. The van der Waals surface area contributed by atoms with E-state index >= 15 is 0 Å². The number of nitrogens with one attached hydrogen (secondary N) is 1. The van der Waals surface area contributed by atoms with Gasteiger partial charge < -0.3 is 10.1 Å². The fourth-order valence-electron chi connectivity index (χ4n) is 4.53. The Labute approximate surface area is 195 Å². The molecule has 4 rings (SSSR count). The number of ether oxygens (including phenoxy) is 1. The molecule has 1 aromatic carbocycles. The topological polar surface area (TPSA) is 101 Å². The second-order valence-corrected chi connectivity index (χ2v) is 8.35. The highest BCUT2D eigenvalue weighted by molar-refractivity contribution is 6.01. The number of piperidine rings is 1. The molecular formula is C25H23F2N5O2. The van der Waals surface area contributed by atoms with Crippen molar-refractivity contribution < 1.29 is 18.3 Å². The van der Waals surface area contributed by atoms with Gasteiger partial charge in [-0.05, 0) is 56.1 Å². The maximum absolute atomic E-state index is 14.1. The normalized spacial score (nSPS) is 19.9. The summed E-state index contributed by atoms with van der Waals surface area (Å²) >= 11 is 0. The van der Waals surface area contributed by atoms with Crippen molar-refractivity contribution in [3.63, 3.8) is 0 Å². The molecule has 0 unspecified atom stereocenters. The number of Topliss-reactive ketones (excluding diaryl/α,β-unsaturated/α-hetero) is 1. The van der Waals surface area contributed by atoms with E-state index in [1.54, 1.807) is 25.1 Å². The molecule has 0 aliphatic carbocycles. The fraction of sp³-hybridized carbons (Fsp3) is 0.320. The first-order valence-electron chi connectivity index (χ1n) is 10.9. The Hall–Kier alpha value is -3.77. The van der Waals surface area contributed by atoms with E-state index in [2.05, 4.69) is 20.5 Å². The van der Waals surface area contributed by atoms with Crippen LogP contribution in [0.3, 0.4) is 0 Å². The van der Waals surface area contributed by atoms with Gasteiger partial charge >= 0.3 is 0 Å². The second kappa shape index (κ2) is 10.0. The lowest BCUT2D eigenvalue weighted by molar-refractivity contribution is 0.0597.